The Morgan fingerprint density at radius 2 is 2.07 bits per heavy atom. The van der Waals surface area contributed by atoms with Gasteiger partial charge in [-0.3, -0.25) is 9.69 Å². The lowest BCUT2D eigenvalue weighted by atomic mass is 9.93. The predicted molar refractivity (Wildman–Crippen MR) is 102 cm³/mol. The molecule has 0 fully saturated rings. The first-order chi connectivity index (χ1) is 13.5. The van der Waals surface area contributed by atoms with E-state index in [1.165, 1.54) is 17.2 Å². The van der Waals surface area contributed by atoms with Crippen LogP contribution in [0.15, 0.2) is 47.0 Å². The zero-order chi connectivity index (χ0) is 19.7. The number of benzene rings is 2. The molecular weight excluding hydrogens is 359 g/mol. The molecule has 6 nitrogen and oxygen atoms in total. The third-order valence-electron chi connectivity index (χ3n) is 5.13. The van der Waals surface area contributed by atoms with Gasteiger partial charge in [-0.15, -0.1) is 0 Å². The number of rotatable bonds is 4. The van der Waals surface area contributed by atoms with E-state index in [1.54, 1.807) is 26.1 Å². The Kier molecular flexibility index (Phi) is 4.92. The number of aryl methyl sites for hydroxylation is 1. The number of hydrogen-bond acceptors (Lipinski definition) is 5. The normalized spacial score (nSPS) is 16.6. The zero-order valence-corrected chi connectivity index (χ0v) is 15.8. The molecule has 28 heavy (non-hydrogen) atoms. The van der Waals surface area contributed by atoms with Crippen molar-refractivity contribution in [1.29, 1.82) is 0 Å². The number of likely N-dealkylation sites (N-methyl/N-ethyl adjacent to an activating group) is 1. The predicted octanol–water partition coefficient (Wildman–Crippen LogP) is 2.86. The number of nitrogens with zero attached hydrogens (tertiary/aromatic N) is 3. The topological polar surface area (TPSA) is 71.3 Å². The van der Waals surface area contributed by atoms with Crippen molar-refractivity contribution in [2.24, 2.45) is 0 Å². The van der Waals surface area contributed by atoms with Gasteiger partial charge >= 0.3 is 0 Å². The van der Waals surface area contributed by atoms with Crippen LogP contribution in [0.3, 0.4) is 0 Å². The minimum atomic E-state index is -0.313. The molecule has 1 aromatic heterocycles. The van der Waals surface area contributed by atoms with E-state index in [1.807, 2.05) is 17.0 Å². The molecule has 0 spiro atoms. The minimum absolute atomic E-state index is 0.0464. The van der Waals surface area contributed by atoms with Gasteiger partial charge < -0.3 is 9.84 Å². The van der Waals surface area contributed by atoms with Crippen LogP contribution >= 0.6 is 0 Å². The second-order valence-corrected chi connectivity index (χ2v) is 6.98. The lowest BCUT2D eigenvalue weighted by Crippen LogP contribution is -2.49. The summed E-state index contributed by atoms with van der Waals surface area (Å²) in [6, 6.07) is 12.6. The monoisotopic (exact) mass is 380 g/mol. The maximum Gasteiger partial charge on any atom is 0.241 e. The molecule has 1 aliphatic rings. The van der Waals surface area contributed by atoms with E-state index in [0.717, 1.165) is 0 Å². The first-order valence-electron chi connectivity index (χ1n) is 9.16. The summed E-state index contributed by atoms with van der Waals surface area (Å²) in [4.78, 5) is 18.8. The summed E-state index contributed by atoms with van der Waals surface area (Å²) in [5, 5.41) is 6.71. The molecule has 4 rings (SSSR count). The van der Waals surface area contributed by atoms with Crippen LogP contribution in [0.4, 0.5) is 4.39 Å². The maximum absolute atomic E-state index is 13.8. The summed E-state index contributed by atoms with van der Waals surface area (Å²) < 4.78 is 19.2. The Balaban J connectivity index is 1.58. The number of amides is 1. The van der Waals surface area contributed by atoms with Gasteiger partial charge in [0.15, 0.2) is 0 Å². The largest absolute Gasteiger partial charge is 0.358 e. The van der Waals surface area contributed by atoms with E-state index >= 15 is 0 Å². The minimum Gasteiger partial charge on any atom is -0.358 e. The Labute approximate surface area is 162 Å². The molecule has 0 radical (unpaired) electrons. The van der Waals surface area contributed by atoms with Gasteiger partial charge in [0, 0.05) is 19.2 Å². The van der Waals surface area contributed by atoms with Crippen LogP contribution < -0.4 is 5.32 Å². The second-order valence-electron chi connectivity index (χ2n) is 6.98. The first-order valence-corrected chi connectivity index (χ1v) is 9.16. The smallest absolute Gasteiger partial charge is 0.241 e. The van der Waals surface area contributed by atoms with Crippen molar-refractivity contribution in [2.45, 2.75) is 32.5 Å². The molecule has 2 aromatic carbocycles. The molecule has 1 atom stereocenters. The molecule has 0 aliphatic carbocycles. The molecule has 0 saturated carbocycles. The summed E-state index contributed by atoms with van der Waals surface area (Å²) in [5.41, 5.74) is 3.48. The number of carbonyl (C=O) groups excluding carboxylic acids is 1. The fourth-order valence-electron chi connectivity index (χ4n) is 3.51. The van der Waals surface area contributed by atoms with Gasteiger partial charge in [0.2, 0.25) is 17.6 Å². The van der Waals surface area contributed by atoms with Gasteiger partial charge in [0.1, 0.15) is 5.82 Å². The van der Waals surface area contributed by atoms with Gasteiger partial charge in [-0.25, -0.2) is 4.39 Å². The molecule has 1 unspecified atom stereocenters. The van der Waals surface area contributed by atoms with Crippen LogP contribution in [0.5, 0.6) is 0 Å². The van der Waals surface area contributed by atoms with Crippen molar-refractivity contribution in [3.05, 3.63) is 70.9 Å². The Morgan fingerprint density at radius 1 is 1.29 bits per heavy atom. The molecule has 144 valence electrons. The van der Waals surface area contributed by atoms with E-state index < -0.39 is 0 Å². The molecule has 2 heterocycles. The van der Waals surface area contributed by atoms with Crippen molar-refractivity contribution >= 4 is 5.91 Å². The summed E-state index contributed by atoms with van der Waals surface area (Å²) in [5.74, 6) is 0.373. The highest BCUT2D eigenvalue weighted by Gasteiger charge is 2.32. The molecule has 1 aliphatic heterocycles. The molecule has 7 heteroatoms. The highest BCUT2D eigenvalue weighted by Crippen LogP contribution is 2.26. The fraction of sp³-hybridized carbons (Fsp3) is 0.286. The summed E-state index contributed by atoms with van der Waals surface area (Å²) in [7, 11) is 1.64. The van der Waals surface area contributed by atoms with Gasteiger partial charge in [0.25, 0.3) is 0 Å². The molecule has 0 saturated heterocycles. The zero-order valence-electron chi connectivity index (χ0n) is 15.8. The third kappa shape index (κ3) is 3.53. The van der Waals surface area contributed by atoms with Crippen LogP contribution in [0, 0.1) is 12.7 Å². The Morgan fingerprint density at radius 3 is 2.82 bits per heavy atom. The van der Waals surface area contributed by atoms with E-state index in [0.29, 0.717) is 42.4 Å². The lowest BCUT2D eigenvalue weighted by molar-refractivity contribution is -0.127. The second kappa shape index (κ2) is 7.52. The number of fused-ring (bicyclic) bond motifs is 1. The van der Waals surface area contributed by atoms with Gasteiger partial charge in [-0.05, 0) is 36.1 Å². The maximum atomic E-state index is 13.8. The summed E-state index contributed by atoms with van der Waals surface area (Å²) >= 11 is 0. The Hall–Kier alpha value is -3.06. The van der Waals surface area contributed by atoms with Gasteiger partial charge in [-0.2, -0.15) is 4.98 Å². The van der Waals surface area contributed by atoms with Crippen LogP contribution in [0.1, 0.15) is 22.6 Å². The number of hydrogen-bond donors (Lipinski definition) is 1. The Bertz CT molecular complexity index is 1020. The number of carbonyl (C=O) groups is 1. The number of nitrogens with one attached hydrogen (secondary N) is 1. The van der Waals surface area contributed by atoms with Crippen molar-refractivity contribution in [2.75, 3.05) is 7.05 Å². The molecule has 3 aromatic rings. The number of aromatic nitrogens is 2. The van der Waals surface area contributed by atoms with Crippen LogP contribution in [-0.4, -0.2) is 34.0 Å². The van der Waals surface area contributed by atoms with Crippen LogP contribution in [0.25, 0.3) is 11.4 Å². The van der Waals surface area contributed by atoms with E-state index in [2.05, 4.69) is 27.6 Å². The first kappa shape index (κ1) is 18.3. The van der Waals surface area contributed by atoms with Gasteiger partial charge in [-0.1, -0.05) is 41.6 Å². The quantitative estimate of drug-likeness (QED) is 0.754. The van der Waals surface area contributed by atoms with Crippen LogP contribution in [0.2, 0.25) is 0 Å². The highest BCUT2D eigenvalue weighted by molar-refractivity contribution is 5.82. The van der Waals surface area contributed by atoms with Crippen molar-refractivity contribution in [3.8, 4) is 11.4 Å². The van der Waals surface area contributed by atoms with Gasteiger partial charge in [0.05, 0.1) is 12.6 Å². The summed E-state index contributed by atoms with van der Waals surface area (Å²) in [6.45, 7) is 2.66. The highest BCUT2D eigenvalue weighted by atomic mass is 19.1. The van der Waals surface area contributed by atoms with E-state index in [-0.39, 0.29) is 17.8 Å². The summed E-state index contributed by atoms with van der Waals surface area (Å²) in [6.07, 6.45) is 0.625. The SMILES string of the molecule is CNC(=O)C1Cc2ccccc2CN1Cc1nc(-c2ccc(C)c(F)c2)no1. The molecule has 1 N–H and O–H groups in total. The fourth-order valence-corrected chi connectivity index (χ4v) is 3.51. The molecule has 1 amide bonds. The number of halogens is 1. The average Bonchev–Trinajstić information content (AvgIpc) is 3.17. The average molecular weight is 380 g/mol. The molecule has 0 bridgehead atoms. The molecular formula is C21H21FN4O2. The van der Waals surface area contributed by atoms with E-state index in [9.17, 15) is 9.18 Å². The van der Waals surface area contributed by atoms with E-state index in [4.69, 9.17) is 4.52 Å². The van der Waals surface area contributed by atoms with Crippen molar-refractivity contribution in [3.63, 3.8) is 0 Å². The van der Waals surface area contributed by atoms with Crippen LogP contribution in [-0.2, 0) is 24.3 Å². The third-order valence-corrected chi connectivity index (χ3v) is 5.13. The lowest BCUT2D eigenvalue weighted by Gasteiger charge is -2.34. The standard InChI is InChI=1S/C21H21FN4O2/c1-13-7-8-15(9-17(13)22)20-24-19(28-25-20)12-26-11-16-6-4-3-5-14(16)10-18(26)21(27)23-2/h3-9,18H,10-12H2,1-2H3,(H,23,27). The van der Waals surface area contributed by atoms with Crippen molar-refractivity contribution < 1.29 is 13.7 Å². The van der Waals surface area contributed by atoms with Crippen molar-refractivity contribution in [1.82, 2.24) is 20.4 Å².